The molecule has 1 aromatic heterocycles. The maximum atomic E-state index is 11.2. The minimum Gasteiger partial charge on any atom is -0.489 e. The van der Waals surface area contributed by atoms with E-state index in [4.69, 9.17) is 35.9 Å². The molecule has 41 heavy (non-hydrogen) atoms. The monoisotopic (exact) mass is 621 g/mol. The number of carboxylic acid groups (broad SMARTS) is 1. The van der Waals surface area contributed by atoms with Crippen LogP contribution >= 0.6 is 36.4 Å². The molecule has 5 rings (SSSR count). The molecule has 0 saturated carbocycles. The molecule has 1 aliphatic heterocycles. The summed E-state index contributed by atoms with van der Waals surface area (Å²) in [6.45, 7) is 2.57. The molecule has 2 heterocycles. The minimum atomic E-state index is -0.857. The molecule has 3 aromatic carbocycles. The number of likely N-dealkylation sites (N-methyl/N-ethyl adjacent to an activating group) is 1. The quantitative estimate of drug-likeness (QED) is 0.209. The van der Waals surface area contributed by atoms with Crippen LogP contribution in [0.4, 0.5) is 0 Å². The third-order valence-corrected chi connectivity index (χ3v) is 7.17. The Bertz CT molecular complexity index is 1460. The van der Waals surface area contributed by atoms with Gasteiger partial charge in [-0.05, 0) is 61.3 Å². The summed E-state index contributed by atoms with van der Waals surface area (Å²) in [6.07, 6.45) is 1.61. The Morgan fingerprint density at radius 2 is 1.76 bits per heavy atom. The second kappa shape index (κ2) is 14.6. The zero-order chi connectivity index (χ0) is 27.4. The van der Waals surface area contributed by atoms with Gasteiger partial charge in [0, 0.05) is 43.7 Å². The summed E-state index contributed by atoms with van der Waals surface area (Å²) in [6, 6.07) is 18.9. The Morgan fingerprint density at radius 3 is 2.46 bits per heavy atom. The molecule has 0 bridgehead atoms. The van der Waals surface area contributed by atoms with Gasteiger partial charge in [0.15, 0.2) is 0 Å². The largest absolute Gasteiger partial charge is 0.489 e. The number of aryl methyl sites for hydroxylation is 2. The molecule has 8 nitrogen and oxygen atoms in total. The van der Waals surface area contributed by atoms with Gasteiger partial charge in [0.05, 0.1) is 11.0 Å². The lowest BCUT2D eigenvalue weighted by Gasteiger charge is -2.14. The number of nitrogens with zero attached hydrogens (tertiary/aromatic N) is 3. The first kappa shape index (κ1) is 32.3. The molecule has 1 saturated heterocycles. The van der Waals surface area contributed by atoms with E-state index in [-0.39, 0.29) is 43.9 Å². The van der Waals surface area contributed by atoms with Gasteiger partial charge in [0.25, 0.3) is 0 Å². The number of carbonyl (C=O) groups is 1. The number of aromatic nitrogens is 2. The maximum absolute atomic E-state index is 11.2. The number of rotatable bonds is 11. The first-order valence-corrected chi connectivity index (χ1v) is 13.4. The van der Waals surface area contributed by atoms with Crippen molar-refractivity contribution < 1.29 is 24.1 Å². The molecule has 0 spiro atoms. The van der Waals surface area contributed by atoms with E-state index in [1.165, 1.54) is 0 Å². The SMILES string of the molecule is CN1CCC(Oc2ccc3nc(COc4ccc(CCC(=O)O)c(OCc5ccc(Cl)cc5)c4)n(C)c3c2)C1.Cl.Cl. The van der Waals surface area contributed by atoms with Crippen molar-refractivity contribution in [3.8, 4) is 17.2 Å². The highest BCUT2D eigenvalue weighted by atomic mass is 35.5. The smallest absolute Gasteiger partial charge is 0.303 e. The summed E-state index contributed by atoms with van der Waals surface area (Å²) in [4.78, 5) is 18.2. The molecule has 1 unspecified atom stereocenters. The second-order valence-corrected chi connectivity index (χ2v) is 10.3. The Kier molecular flexibility index (Phi) is 11.5. The molecule has 0 aliphatic carbocycles. The lowest BCUT2D eigenvalue weighted by atomic mass is 10.1. The van der Waals surface area contributed by atoms with Gasteiger partial charge >= 0.3 is 5.97 Å². The molecule has 1 atom stereocenters. The van der Waals surface area contributed by atoms with Gasteiger partial charge in [-0.2, -0.15) is 0 Å². The van der Waals surface area contributed by atoms with Crippen LogP contribution in [-0.2, 0) is 31.5 Å². The average molecular weight is 623 g/mol. The molecule has 1 fully saturated rings. The number of carboxylic acids is 1. The number of aliphatic carboxylic acids is 1. The molecular weight excluding hydrogens is 589 g/mol. The van der Waals surface area contributed by atoms with Crippen LogP contribution in [-0.4, -0.2) is 51.8 Å². The normalized spacial score (nSPS) is 14.8. The predicted octanol–water partition coefficient (Wildman–Crippen LogP) is 6.33. The predicted molar refractivity (Wildman–Crippen MR) is 164 cm³/mol. The molecule has 1 aliphatic rings. The summed E-state index contributed by atoms with van der Waals surface area (Å²) in [5.41, 5.74) is 3.62. The van der Waals surface area contributed by atoms with Crippen LogP contribution in [0.15, 0.2) is 60.7 Å². The molecular formula is C30H34Cl3N3O5. The third kappa shape index (κ3) is 8.42. The van der Waals surface area contributed by atoms with Crippen molar-refractivity contribution in [3.05, 3.63) is 82.6 Å². The minimum absolute atomic E-state index is 0. The van der Waals surface area contributed by atoms with Gasteiger partial charge in [0.2, 0.25) is 0 Å². The number of halogens is 3. The Hall–Kier alpha value is -3.17. The zero-order valence-corrected chi connectivity index (χ0v) is 25.3. The number of imidazole rings is 1. The number of hydrogen-bond acceptors (Lipinski definition) is 6. The van der Waals surface area contributed by atoms with E-state index < -0.39 is 5.97 Å². The maximum Gasteiger partial charge on any atom is 0.303 e. The van der Waals surface area contributed by atoms with Crippen molar-refractivity contribution in [1.82, 2.24) is 14.5 Å². The molecule has 11 heteroatoms. The van der Waals surface area contributed by atoms with Crippen molar-refractivity contribution in [3.63, 3.8) is 0 Å². The summed E-state index contributed by atoms with van der Waals surface area (Å²) in [5.74, 6) is 1.97. The molecule has 0 amide bonds. The molecule has 1 N–H and O–H groups in total. The average Bonchev–Trinajstić information content (AvgIpc) is 3.48. The van der Waals surface area contributed by atoms with Gasteiger partial charge < -0.3 is 28.8 Å². The van der Waals surface area contributed by atoms with E-state index in [1.807, 2.05) is 66.2 Å². The van der Waals surface area contributed by atoms with Crippen LogP contribution in [0, 0.1) is 0 Å². The van der Waals surface area contributed by atoms with E-state index in [9.17, 15) is 4.79 Å². The number of hydrogen-bond donors (Lipinski definition) is 1. The molecule has 220 valence electrons. The lowest BCUT2D eigenvalue weighted by molar-refractivity contribution is -0.136. The van der Waals surface area contributed by atoms with E-state index in [2.05, 4.69) is 11.9 Å². The topological polar surface area (TPSA) is 86.1 Å². The van der Waals surface area contributed by atoms with Gasteiger partial charge in [-0.3, -0.25) is 4.79 Å². The summed E-state index contributed by atoms with van der Waals surface area (Å²) < 4.78 is 20.4. The van der Waals surface area contributed by atoms with Crippen molar-refractivity contribution in [2.45, 2.75) is 38.6 Å². The summed E-state index contributed by atoms with van der Waals surface area (Å²) >= 11 is 5.99. The molecule has 4 aromatic rings. The van der Waals surface area contributed by atoms with Crippen LogP contribution in [0.3, 0.4) is 0 Å². The first-order valence-electron chi connectivity index (χ1n) is 13.0. The van der Waals surface area contributed by atoms with Gasteiger partial charge in [0.1, 0.15) is 42.4 Å². The fourth-order valence-electron chi connectivity index (χ4n) is 4.70. The number of fused-ring (bicyclic) bond motifs is 1. The fraction of sp³-hybridized carbons (Fsp3) is 0.333. The third-order valence-electron chi connectivity index (χ3n) is 6.92. The number of ether oxygens (including phenoxy) is 3. The Labute approximate surface area is 257 Å². The fourth-order valence-corrected chi connectivity index (χ4v) is 4.83. The summed E-state index contributed by atoms with van der Waals surface area (Å²) in [5, 5.41) is 9.81. The number of likely N-dealkylation sites (tertiary alicyclic amines) is 1. The van der Waals surface area contributed by atoms with E-state index in [0.717, 1.165) is 53.2 Å². The zero-order valence-electron chi connectivity index (χ0n) is 22.9. The highest BCUT2D eigenvalue weighted by Crippen LogP contribution is 2.29. The van der Waals surface area contributed by atoms with Crippen molar-refractivity contribution in [1.29, 1.82) is 0 Å². The lowest BCUT2D eigenvalue weighted by Crippen LogP contribution is -2.21. The van der Waals surface area contributed by atoms with Gasteiger partial charge in [-0.25, -0.2) is 4.98 Å². The summed E-state index contributed by atoms with van der Waals surface area (Å²) in [7, 11) is 4.08. The van der Waals surface area contributed by atoms with Crippen molar-refractivity contribution in [2.24, 2.45) is 7.05 Å². The van der Waals surface area contributed by atoms with Crippen LogP contribution in [0.25, 0.3) is 11.0 Å². The molecule has 0 radical (unpaired) electrons. The highest BCUT2D eigenvalue weighted by molar-refractivity contribution is 6.30. The van der Waals surface area contributed by atoms with E-state index in [1.54, 1.807) is 6.07 Å². The van der Waals surface area contributed by atoms with Crippen LogP contribution in [0.2, 0.25) is 5.02 Å². The van der Waals surface area contributed by atoms with Crippen LogP contribution in [0.5, 0.6) is 17.2 Å². The van der Waals surface area contributed by atoms with E-state index >= 15 is 0 Å². The number of benzene rings is 3. The first-order chi connectivity index (χ1) is 18.8. The highest BCUT2D eigenvalue weighted by Gasteiger charge is 2.21. The van der Waals surface area contributed by atoms with Gasteiger partial charge in [-0.15, -0.1) is 24.8 Å². The van der Waals surface area contributed by atoms with Crippen molar-refractivity contribution in [2.75, 3.05) is 20.1 Å². The standard InChI is InChI=1S/C30H32ClN3O5.2ClH/c1-33-14-13-25(17-33)39-24-10-11-26-27(15-24)34(2)29(32-26)19-37-23-9-5-21(6-12-30(35)36)28(16-23)38-18-20-3-7-22(31)8-4-20;;/h3-5,7-11,15-16,25H,6,12-14,17-19H2,1-2H3,(H,35,36);2*1H. The van der Waals surface area contributed by atoms with Crippen LogP contribution in [0.1, 0.15) is 29.8 Å². The Balaban J connectivity index is 0.00000231. The Morgan fingerprint density at radius 1 is 1.00 bits per heavy atom. The second-order valence-electron chi connectivity index (χ2n) is 9.90. The van der Waals surface area contributed by atoms with Crippen molar-refractivity contribution >= 4 is 53.4 Å². The van der Waals surface area contributed by atoms with E-state index in [0.29, 0.717) is 29.5 Å². The van der Waals surface area contributed by atoms with Gasteiger partial charge in [-0.1, -0.05) is 29.8 Å². The van der Waals surface area contributed by atoms with Crippen LogP contribution < -0.4 is 14.2 Å².